The lowest BCUT2D eigenvalue weighted by atomic mass is 10.0. The molecule has 0 amide bonds. The number of hydrogen-bond acceptors (Lipinski definition) is 5. The first-order chi connectivity index (χ1) is 43.6. The van der Waals surface area contributed by atoms with Crippen LogP contribution in [0.4, 0.5) is 0 Å². The molecule has 0 saturated heterocycles. The number of allylic oxidation sites excluding steroid dienone is 20. The van der Waals surface area contributed by atoms with E-state index >= 15 is 0 Å². The smallest absolute Gasteiger partial charge is 0.306 e. The molecule has 0 aromatic rings. The molecule has 1 N–H and O–H groups in total. The molecule has 506 valence electrons. The predicted octanol–water partition coefficient (Wildman–Crippen LogP) is 26.9. The molecule has 0 fully saturated rings. The molecular weight excluding hydrogens is 1080 g/mol. The van der Waals surface area contributed by atoms with Gasteiger partial charge in [0.25, 0.3) is 0 Å². The van der Waals surface area contributed by atoms with Crippen LogP contribution in [0.5, 0.6) is 0 Å². The maximum Gasteiger partial charge on any atom is 0.306 e. The minimum absolute atomic E-state index is 0.0876. The highest BCUT2D eigenvalue weighted by Gasteiger charge is 2.16. The lowest BCUT2D eigenvalue weighted by Crippen LogP contribution is -2.28. The maximum atomic E-state index is 12.4. The largest absolute Gasteiger partial charge is 0.462 e. The zero-order valence-corrected chi connectivity index (χ0v) is 58.2. The summed E-state index contributed by atoms with van der Waals surface area (Å²) < 4.78 is 10.7. The fourth-order valence-corrected chi connectivity index (χ4v) is 11.1. The van der Waals surface area contributed by atoms with Crippen molar-refractivity contribution in [1.82, 2.24) is 0 Å². The number of carbonyl (C=O) groups is 2. The van der Waals surface area contributed by atoms with Crippen LogP contribution in [0.1, 0.15) is 373 Å². The van der Waals surface area contributed by atoms with E-state index in [0.717, 1.165) is 103 Å². The molecule has 0 aliphatic heterocycles. The van der Waals surface area contributed by atoms with Crippen LogP contribution in [0.15, 0.2) is 122 Å². The molecule has 0 rings (SSSR count). The second-order valence-corrected chi connectivity index (χ2v) is 25.4. The molecule has 0 aromatic heterocycles. The molecule has 5 heteroatoms. The summed E-state index contributed by atoms with van der Waals surface area (Å²) in [6.45, 7) is 4.03. The Bertz CT molecular complexity index is 1720. The number of unbranched alkanes of at least 4 members (excludes halogenated alkanes) is 42. The zero-order valence-electron chi connectivity index (χ0n) is 58.2. The van der Waals surface area contributed by atoms with Gasteiger partial charge in [0.2, 0.25) is 0 Å². The fraction of sp³-hybridized carbons (Fsp3) is 0.735. The van der Waals surface area contributed by atoms with Gasteiger partial charge in [0.15, 0.2) is 6.10 Å². The van der Waals surface area contributed by atoms with E-state index in [-0.39, 0.29) is 25.2 Å². The molecule has 0 aromatic carbocycles. The quantitative estimate of drug-likeness (QED) is 0.0373. The van der Waals surface area contributed by atoms with Gasteiger partial charge in [-0.1, -0.05) is 392 Å². The van der Waals surface area contributed by atoms with E-state index in [1.165, 1.54) is 244 Å². The number of esters is 2. The summed E-state index contributed by atoms with van der Waals surface area (Å²) in [5.41, 5.74) is 0. The van der Waals surface area contributed by atoms with Gasteiger partial charge < -0.3 is 14.6 Å². The summed E-state index contributed by atoms with van der Waals surface area (Å²) in [5.74, 6) is -0.636. The molecule has 88 heavy (non-hydrogen) atoms. The van der Waals surface area contributed by atoms with Crippen molar-refractivity contribution in [3.8, 4) is 0 Å². The molecular formula is C83H144O5. The number of ether oxygens (including phenoxy) is 2. The van der Waals surface area contributed by atoms with Gasteiger partial charge in [-0.2, -0.15) is 0 Å². The molecule has 0 aliphatic rings. The molecule has 0 spiro atoms. The van der Waals surface area contributed by atoms with Gasteiger partial charge in [0.05, 0.1) is 6.61 Å². The van der Waals surface area contributed by atoms with E-state index < -0.39 is 6.10 Å². The Labute approximate surface area is 547 Å². The third kappa shape index (κ3) is 74.8. The van der Waals surface area contributed by atoms with Crippen LogP contribution in [0.2, 0.25) is 0 Å². The highest BCUT2D eigenvalue weighted by molar-refractivity contribution is 5.70. The first-order valence-corrected chi connectivity index (χ1v) is 38.1. The van der Waals surface area contributed by atoms with Gasteiger partial charge in [-0.15, -0.1) is 0 Å². The van der Waals surface area contributed by atoms with Crippen molar-refractivity contribution >= 4 is 11.9 Å². The average Bonchev–Trinajstić information content (AvgIpc) is 3.56. The summed E-state index contributed by atoms with van der Waals surface area (Å²) in [6, 6.07) is 0. The van der Waals surface area contributed by atoms with Crippen LogP contribution in [-0.4, -0.2) is 36.4 Å². The van der Waals surface area contributed by atoms with E-state index in [2.05, 4.69) is 135 Å². The summed E-state index contributed by atoms with van der Waals surface area (Å²) in [4.78, 5) is 24.7. The Morgan fingerprint density at radius 3 is 0.739 bits per heavy atom. The van der Waals surface area contributed by atoms with Crippen molar-refractivity contribution in [3.05, 3.63) is 122 Å². The van der Waals surface area contributed by atoms with Crippen molar-refractivity contribution in [2.24, 2.45) is 0 Å². The molecule has 1 unspecified atom stereocenters. The van der Waals surface area contributed by atoms with Crippen molar-refractivity contribution in [3.63, 3.8) is 0 Å². The predicted molar refractivity (Wildman–Crippen MR) is 389 cm³/mol. The third-order valence-electron chi connectivity index (χ3n) is 16.8. The second kappa shape index (κ2) is 77.5. The first kappa shape index (κ1) is 84.3. The van der Waals surface area contributed by atoms with E-state index in [1.807, 2.05) is 0 Å². The zero-order chi connectivity index (χ0) is 63.3. The van der Waals surface area contributed by atoms with Gasteiger partial charge in [0, 0.05) is 12.8 Å². The molecule has 0 heterocycles. The Balaban J connectivity index is 3.49. The number of aliphatic hydroxyl groups is 1. The molecule has 0 bridgehead atoms. The van der Waals surface area contributed by atoms with Crippen molar-refractivity contribution in [1.29, 1.82) is 0 Å². The van der Waals surface area contributed by atoms with E-state index in [1.54, 1.807) is 0 Å². The average molecular weight is 1220 g/mol. The number of hydrogen-bond donors (Lipinski definition) is 1. The van der Waals surface area contributed by atoms with Gasteiger partial charge in [0.1, 0.15) is 6.61 Å². The van der Waals surface area contributed by atoms with Crippen molar-refractivity contribution in [2.75, 3.05) is 13.2 Å². The Hall–Kier alpha value is -3.70. The first-order valence-electron chi connectivity index (χ1n) is 38.1. The number of rotatable bonds is 70. The van der Waals surface area contributed by atoms with Gasteiger partial charge in [-0.05, 0) is 89.9 Å². The maximum absolute atomic E-state index is 12.4. The lowest BCUT2D eigenvalue weighted by Gasteiger charge is -2.15. The van der Waals surface area contributed by atoms with Crippen LogP contribution in [0.3, 0.4) is 0 Å². The Kier molecular flexibility index (Phi) is 74.3. The summed E-state index contributed by atoms with van der Waals surface area (Å²) in [7, 11) is 0. The van der Waals surface area contributed by atoms with E-state index in [9.17, 15) is 14.7 Å². The van der Waals surface area contributed by atoms with E-state index in [0.29, 0.717) is 12.8 Å². The molecule has 1 atom stereocenters. The number of aliphatic hydroxyl groups excluding tert-OH is 1. The van der Waals surface area contributed by atoms with Crippen LogP contribution in [-0.2, 0) is 19.1 Å². The van der Waals surface area contributed by atoms with Gasteiger partial charge >= 0.3 is 11.9 Å². The topological polar surface area (TPSA) is 72.8 Å². The fourth-order valence-electron chi connectivity index (χ4n) is 11.1. The Morgan fingerprint density at radius 1 is 0.273 bits per heavy atom. The normalized spacial score (nSPS) is 12.9. The lowest BCUT2D eigenvalue weighted by molar-refractivity contribution is -0.161. The monoisotopic (exact) mass is 1220 g/mol. The third-order valence-corrected chi connectivity index (χ3v) is 16.8. The highest BCUT2D eigenvalue weighted by atomic mass is 16.6. The molecule has 5 nitrogen and oxygen atoms in total. The Morgan fingerprint density at radius 2 is 0.489 bits per heavy atom. The minimum Gasteiger partial charge on any atom is -0.462 e. The number of carbonyl (C=O) groups excluding carboxylic acids is 2. The van der Waals surface area contributed by atoms with Gasteiger partial charge in [-0.25, -0.2) is 0 Å². The summed E-state index contributed by atoms with van der Waals surface area (Å²) in [5, 5.41) is 9.70. The molecule has 0 aliphatic carbocycles. The second-order valence-electron chi connectivity index (χ2n) is 25.4. The van der Waals surface area contributed by atoms with Crippen molar-refractivity contribution < 1.29 is 24.2 Å². The SMILES string of the molecule is CC/C=C\C/C=C\C/C=C\C/C=C\C/C=C\C/C=C\C/C=C\C/C=C\C/C=C\C/C=C\CCCCC(=O)OC(CO)COC(=O)CCCCCCCCCCCCCCCCCCCCCCCCCCCCCCCCCCCCCCCCCCC. The molecule has 0 saturated carbocycles. The minimum atomic E-state index is -0.805. The van der Waals surface area contributed by atoms with Crippen LogP contribution in [0.25, 0.3) is 0 Å². The van der Waals surface area contributed by atoms with Crippen LogP contribution < -0.4 is 0 Å². The summed E-state index contributed by atoms with van der Waals surface area (Å²) >= 11 is 0. The van der Waals surface area contributed by atoms with Crippen LogP contribution >= 0.6 is 0 Å². The summed E-state index contributed by atoms with van der Waals surface area (Å²) in [6.07, 6.45) is 114. The van der Waals surface area contributed by atoms with E-state index in [4.69, 9.17) is 9.47 Å². The van der Waals surface area contributed by atoms with Crippen molar-refractivity contribution in [2.45, 2.75) is 380 Å². The molecule has 0 radical (unpaired) electrons. The van der Waals surface area contributed by atoms with Gasteiger partial charge in [-0.3, -0.25) is 9.59 Å². The standard InChI is InChI=1S/C83H144O5/c1-3-5-7-9-11-13-15-17-19-21-23-25-27-29-31-33-35-37-38-39-40-41-42-43-44-46-47-49-51-53-55-57-59-61-63-65-67-69-71-73-75-77-82(85)87-80-81(79-84)88-83(86)78-76-74-72-70-68-66-64-62-60-58-56-54-52-50-48-45-36-34-32-30-28-26-24-22-20-18-16-14-12-10-8-6-4-2/h6,8,12,14,18,20,24,26,30,32,36,45,50,52,56,58,62,64,68,70,81,84H,3-5,7,9-11,13,15-17,19,21-23,25,27-29,31,33-35,37-44,46-49,51,53-55,57,59-61,63,65-67,69,71-80H2,1-2H3/b8-6-,14-12-,20-18-,26-24-,32-30-,45-36-,52-50-,58-56-,64-62-,70-68-. The highest BCUT2D eigenvalue weighted by Crippen LogP contribution is 2.19. The van der Waals surface area contributed by atoms with Crippen LogP contribution in [0, 0.1) is 0 Å².